The van der Waals surface area contributed by atoms with Crippen LogP contribution in [0.25, 0.3) is 87.6 Å². The SMILES string of the molecule is [2H]c1ccc2cc(-c3ccc(-c4c5ccccc5c(-c5cccc6oc7cc(C)ccc7c56)c5ccccc45)cc3)ccc2c1. The van der Waals surface area contributed by atoms with Gasteiger partial charge in [0.15, 0.2) is 0 Å². The van der Waals surface area contributed by atoms with E-state index in [1.54, 1.807) is 0 Å². The molecule has 0 saturated carbocycles. The first kappa shape index (κ1) is 23.9. The fraction of sp³-hybridized carbons (Fsp3) is 0.0233. The third-order valence-electron chi connectivity index (χ3n) is 9.05. The minimum absolute atomic E-state index is 0.537. The quantitative estimate of drug-likeness (QED) is 0.196. The molecule has 9 rings (SSSR count). The summed E-state index contributed by atoms with van der Waals surface area (Å²) in [6.45, 7) is 2.11. The van der Waals surface area contributed by atoms with E-state index < -0.39 is 0 Å². The summed E-state index contributed by atoms with van der Waals surface area (Å²) in [5.41, 5.74) is 10.3. The van der Waals surface area contributed by atoms with E-state index in [9.17, 15) is 0 Å². The van der Waals surface area contributed by atoms with Gasteiger partial charge in [0.1, 0.15) is 11.2 Å². The molecule has 0 unspecified atom stereocenters. The zero-order chi connectivity index (χ0) is 30.1. The van der Waals surface area contributed by atoms with Gasteiger partial charge in [-0.15, -0.1) is 0 Å². The lowest BCUT2D eigenvalue weighted by Crippen LogP contribution is -1.91. The van der Waals surface area contributed by atoms with E-state index >= 15 is 0 Å². The average Bonchev–Trinajstić information content (AvgIpc) is 3.45. The summed E-state index contributed by atoms with van der Waals surface area (Å²) in [6.07, 6.45) is 0. The van der Waals surface area contributed by atoms with Gasteiger partial charge in [-0.05, 0) is 96.4 Å². The second-order valence-corrected chi connectivity index (χ2v) is 11.7. The highest BCUT2D eigenvalue weighted by Crippen LogP contribution is 2.47. The monoisotopic (exact) mass is 561 g/mol. The Labute approximate surface area is 257 Å². The Morgan fingerprint density at radius 2 is 1.14 bits per heavy atom. The third-order valence-corrected chi connectivity index (χ3v) is 9.05. The van der Waals surface area contributed by atoms with Crippen LogP contribution >= 0.6 is 0 Å². The van der Waals surface area contributed by atoms with Gasteiger partial charge in [0.05, 0.1) is 1.37 Å². The smallest absolute Gasteiger partial charge is 0.136 e. The van der Waals surface area contributed by atoms with Gasteiger partial charge in [0.25, 0.3) is 0 Å². The Hall–Kier alpha value is -5.66. The summed E-state index contributed by atoms with van der Waals surface area (Å²) in [5.74, 6) is 0. The second-order valence-electron chi connectivity index (χ2n) is 11.7. The van der Waals surface area contributed by atoms with Crippen molar-refractivity contribution in [2.75, 3.05) is 0 Å². The lowest BCUT2D eigenvalue weighted by atomic mass is 9.84. The molecule has 9 aromatic rings. The van der Waals surface area contributed by atoms with Gasteiger partial charge < -0.3 is 4.42 Å². The standard InChI is InChI=1S/C43H28O/c1-27-17-24-37-40(25-27)44-39-16-8-15-38(43(37)39)42-35-13-6-4-11-33(35)41(34-12-5-7-14-36(34)42)30-21-18-29(19-22-30)32-23-20-28-9-2-3-10-31(28)26-32/h2-26H,1H3/i2D. The molecule has 206 valence electrons. The molecule has 8 aromatic carbocycles. The molecular weight excluding hydrogens is 532 g/mol. The van der Waals surface area contributed by atoms with Crippen LogP contribution in [0.15, 0.2) is 156 Å². The molecule has 0 aliphatic rings. The lowest BCUT2D eigenvalue weighted by molar-refractivity contribution is 0.668. The van der Waals surface area contributed by atoms with Gasteiger partial charge in [-0.3, -0.25) is 0 Å². The highest BCUT2D eigenvalue weighted by molar-refractivity contribution is 6.25. The van der Waals surface area contributed by atoms with E-state index in [0.29, 0.717) is 6.04 Å². The Morgan fingerprint density at radius 1 is 0.455 bits per heavy atom. The summed E-state index contributed by atoms with van der Waals surface area (Å²) in [7, 11) is 0. The molecule has 0 aliphatic heterocycles. The summed E-state index contributed by atoms with van der Waals surface area (Å²) in [5, 5.41) is 9.47. The number of hydrogen-bond donors (Lipinski definition) is 0. The van der Waals surface area contributed by atoms with Crippen molar-refractivity contribution in [1.82, 2.24) is 0 Å². The fourth-order valence-electron chi connectivity index (χ4n) is 7.01. The Balaban J connectivity index is 1.27. The van der Waals surface area contributed by atoms with E-state index in [0.717, 1.165) is 32.7 Å². The molecule has 44 heavy (non-hydrogen) atoms. The first-order valence-corrected chi connectivity index (χ1v) is 15.1. The van der Waals surface area contributed by atoms with Crippen LogP contribution in [0.4, 0.5) is 0 Å². The molecule has 0 amide bonds. The molecule has 1 heterocycles. The van der Waals surface area contributed by atoms with Crippen molar-refractivity contribution >= 4 is 54.3 Å². The predicted octanol–water partition coefficient (Wildman–Crippen LogP) is 12.4. The van der Waals surface area contributed by atoms with Crippen molar-refractivity contribution in [2.45, 2.75) is 6.92 Å². The second kappa shape index (κ2) is 9.69. The summed E-state index contributed by atoms with van der Waals surface area (Å²) < 4.78 is 14.3. The van der Waals surface area contributed by atoms with Crippen LogP contribution in [0.2, 0.25) is 0 Å². The molecule has 0 N–H and O–H groups in total. The van der Waals surface area contributed by atoms with Crippen LogP contribution in [0.5, 0.6) is 0 Å². The zero-order valence-corrected chi connectivity index (χ0v) is 24.3. The number of hydrogen-bond acceptors (Lipinski definition) is 1. The first-order valence-electron chi connectivity index (χ1n) is 15.6. The maximum atomic E-state index is 7.94. The highest BCUT2D eigenvalue weighted by Gasteiger charge is 2.20. The van der Waals surface area contributed by atoms with E-state index in [-0.39, 0.29) is 0 Å². The van der Waals surface area contributed by atoms with Crippen molar-refractivity contribution in [3.05, 3.63) is 157 Å². The summed E-state index contributed by atoms with van der Waals surface area (Å²) >= 11 is 0. The molecule has 1 aromatic heterocycles. The predicted molar refractivity (Wildman–Crippen MR) is 187 cm³/mol. The number of fused-ring (bicyclic) bond motifs is 6. The Bertz CT molecular complexity index is 2550. The molecular formula is C43H28O. The van der Waals surface area contributed by atoms with Crippen LogP contribution in [-0.4, -0.2) is 0 Å². The van der Waals surface area contributed by atoms with Crippen LogP contribution < -0.4 is 0 Å². The maximum Gasteiger partial charge on any atom is 0.136 e. The molecule has 0 spiro atoms. The molecule has 0 fully saturated rings. The average molecular weight is 562 g/mol. The molecule has 0 aliphatic carbocycles. The zero-order valence-electron chi connectivity index (χ0n) is 25.3. The fourth-order valence-corrected chi connectivity index (χ4v) is 7.01. The van der Waals surface area contributed by atoms with E-state index in [2.05, 4.69) is 134 Å². The first-order chi connectivity index (χ1) is 22.1. The van der Waals surface area contributed by atoms with Gasteiger partial charge in [-0.2, -0.15) is 0 Å². The topological polar surface area (TPSA) is 13.1 Å². The van der Waals surface area contributed by atoms with Crippen LogP contribution in [0.3, 0.4) is 0 Å². The van der Waals surface area contributed by atoms with Gasteiger partial charge in [-0.25, -0.2) is 0 Å². The van der Waals surface area contributed by atoms with Crippen LogP contribution in [0.1, 0.15) is 6.93 Å². The van der Waals surface area contributed by atoms with Crippen molar-refractivity contribution in [3.63, 3.8) is 0 Å². The number of rotatable bonds is 3. The number of furan rings is 1. The minimum Gasteiger partial charge on any atom is -0.456 e. The lowest BCUT2D eigenvalue weighted by Gasteiger charge is -2.18. The van der Waals surface area contributed by atoms with E-state index in [1.165, 1.54) is 60.5 Å². The molecule has 0 atom stereocenters. The van der Waals surface area contributed by atoms with E-state index in [1.807, 2.05) is 18.2 Å². The molecule has 1 heteroatoms. The Morgan fingerprint density at radius 3 is 1.89 bits per heavy atom. The van der Waals surface area contributed by atoms with E-state index in [4.69, 9.17) is 5.79 Å². The van der Waals surface area contributed by atoms with Crippen molar-refractivity contribution in [2.24, 2.45) is 0 Å². The molecule has 1 nitrogen and oxygen atoms in total. The van der Waals surface area contributed by atoms with Gasteiger partial charge in [0.2, 0.25) is 0 Å². The number of benzene rings is 8. The van der Waals surface area contributed by atoms with Crippen molar-refractivity contribution < 1.29 is 5.79 Å². The molecule has 0 radical (unpaired) electrons. The molecule has 0 bridgehead atoms. The van der Waals surface area contributed by atoms with Crippen LogP contribution in [0, 0.1) is 6.92 Å². The maximum absolute atomic E-state index is 7.94. The van der Waals surface area contributed by atoms with Crippen molar-refractivity contribution in [1.29, 1.82) is 0 Å². The van der Waals surface area contributed by atoms with Crippen molar-refractivity contribution in [3.8, 4) is 33.4 Å². The normalized spacial score (nSPS) is 12.1. The Kier molecular flexibility index (Phi) is 5.25. The molecule has 0 saturated heterocycles. The van der Waals surface area contributed by atoms with Crippen LogP contribution in [-0.2, 0) is 0 Å². The third kappa shape index (κ3) is 3.80. The largest absolute Gasteiger partial charge is 0.456 e. The van der Waals surface area contributed by atoms with Gasteiger partial charge in [0, 0.05) is 10.8 Å². The summed E-state index contributed by atoms with van der Waals surface area (Å²) in [4.78, 5) is 0. The highest BCUT2D eigenvalue weighted by atomic mass is 16.3. The van der Waals surface area contributed by atoms with Gasteiger partial charge in [-0.1, -0.05) is 133 Å². The number of aryl methyl sites for hydroxylation is 1. The van der Waals surface area contributed by atoms with Gasteiger partial charge >= 0.3 is 0 Å². The summed E-state index contributed by atoms with van der Waals surface area (Å²) in [6, 6.07) is 52.3. The minimum atomic E-state index is 0.537.